The van der Waals surface area contributed by atoms with E-state index < -0.39 is 0 Å². The van der Waals surface area contributed by atoms with Crippen molar-refractivity contribution in [2.24, 2.45) is 5.41 Å². The van der Waals surface area contributed by atoms with Crippen LogP contribution in [0.3, 0.4) is 0 Å². The number of aromatic nitrogens is 1. The van der Waals surface area contributed by atoms with E-state index in [1.165, 1.54) is 38.8 Å². The van der Waals surface area contributed by atoms with Crippen LogP contribution in [0.15, 0.2) is 84.9 Å². The Morgan fingerprint density at radius 3 is 2.10 bits per heavy atom. The van der Waals surface area contributed by atoms with Gasteiger partial charge < -0.3 is 0 Å². The van der Waals surface area contributed by atoms with Gasteiger partial charge in [-0.05, 0) is 58.2 Å². The van der Waals surface area contributed by atoms with Gasteiger partial charge in [0.25, 0.3) is 0 Å². The van der Waals surface area contributed by atoms with Crippen molar-refractivity contribution in [2.45, 2.75) is 27.2 Å². The standard InChI is InChI=1S/C28H25N/c1-19-16-24(20-10-6-4-7-11-20)23-15-14-22-25(21-12-8-5-9-13-21)17-28(2,3)18-26(22)27(23)29-19/h4-17H,18H2,1-3H3. The normalized spacial score (nSPS) is 15.1. The van der Waals surface area contributed by atoms with Crippen LogP contribution in [0.4, 0.5) is 0 Å². The van der Waals surface area contributed by atoms with Gasteiger partial charge in [0.2, 0.25) is 0 Å². The summed E-state index contributed by atoms with van der Waals surface area (Å²) in [7, 11) is 0. The molecular weight excluding hydrogens is 350 g/mol. The van der Waals surface area contributed by atoms with E-state index in [0.717, 1.165) is 17.6 Å². The molecule has 1 aromatic heterocycles. The van der Waals surface area contributed by atoms with Crippen LogP contribution in [0.1, 0.15) is 36.2 Å². The van der Waals surface area contributed by atoms with Gasteiger partial charge in [-0.25, -0.2) is 0 Å². The van der Waals surface area contributed by atoms with E-state index in [0.29, 0.717) is 0 Å². The Balaban J connectivity index is 1.81. The second-order valence-electron chi connectivity index (χ2n) is 8.75. The number of hydrogen-bond donors (Lipinski definition) is 0. The molecule has 142 valence electrons. The molecule has 0 amide bonds. The summed E-state index contributed by atoms with van der Waals surface area (Å²) >= 11 is 0. The number of allylic oxidation sites excluding steroid dienone is 1. The average Bonchev–Trinajstić information content (AvgIpc) is 2.73. The molecule has 0 aliphatic heterocycles. The first-order valence-corrected chi connectivity index (χ1v) is 10.3. The van der Waals surface area contributed by atoms with Gasteiger partial charge in [-0.15, -0.1) is 0 Å². The van der Waals surface area contributed by atoms with Crippen LogP contribution in [0.2, 0.25) is 0 Å². The van der Waals surface area contributed by atoms with Crippen LogP contribution in [0, 0.1) is 12.3 Å². The maximum absolute atomic E-state index is 5.04. The van der Waals surface area contributed by atoms with Gasteiger partial charge in [0.05, 0.1) is 5.52 Å². The Labute approximate surface area is 172 Å². The first-order valence-electron chi connectivity index (χ1n) is 10.3. The molecule has 0 saturated heterocycles. The third-order valence-electron chi connectivity index (χ3n) is 5.84. The number of fused-ring (bicyclic) bond motifs is 3. The van der Waals surface area contributed by atoms with Crippen LogP contribution in [0.5, 0.6) is 0 Å². The molecule has 1 nitrogen and oxygen atoms in total. The quantitative estimate of drug-likeness (QED) is 0.360. The summed E-state index contributed by atoms with van der Waals surface area (Å²) in [5.41, 5.74) is 10.1. The second-order valence-corrected chi connectivity index (χ2v) is 8.75. The average molecular weight is 376 g/mol. The lowest BCUT2D eigenvalue weighted by molar-refractivity contribution is 0.474. The highest BCUT2D eigenvalue weighted by Crippen LogP contribution is 2.43. The van der Waals surface area contributed by atoms with Crippen LogP contribution in [-0.2, 0) is 6.42 Å². The summed E-state index contributed by atoms with van der Waals surface area (Å²) in [6, 6.07) is 28.2. The number of rotatable bonds is 2. The van der Waals surface area contributed by atoms with Gasteiger partial charge in [0, 0.05) is 11.1 Å². The first kappa shape index (κ1) is 17.9. The summed E-state index contributed by atoms with van der Waals surface area (Å²) in [5.74, 6) is 0. The molecular formula is C28H25N. The van der Waals surface area contributed by atoms with Crippen molar-refractivity contribution in [2.75, 3.05) is 0 Å². The molecule has 4 aromatic rings. The van der Waals surface area contributed by atoms with Crippen molar-refractivity contribution < 1.29 is 0 Å². The lowest BCUT2D eigenvalue weighted by Gasteiger charge is -2.31. The van der Waals surface area contributed by atoms with Crippen molar-refractivity contribution in [3.05, 3.63) is 107 Å². The zero-order chi connectivity index (χ0) is 20.0. The van der Waals surface area contributed by atoms with Gasteiger partial charge >= 0.3 is 0 Å². The van der Waals surface area contributed by atoms with Gasteiger partial charge in [0.1, 0.15) is 0 Å². The van der Waals surface area contributed by atoms with E-state index in [9.17, 15) is 0 Å². The van der Waals surface area contributed by atoms with E-state index in [4.69, 9.17) is 4.98 Å². The van der Waals surface area contributed by atoms with E-state index in [1.54, 1.807) is 0 Å². The van der Waals surface area contributed by atoms with Crippen molar-refractivity contribution >= 4 is 16.5 Å². The number of pyridine rings is 1. The van der Waals surface area contributed by atoms with Crippen LogP contribution >= 0.6 is 0 Å². The summed E-state index contributed by atoms with van der Waals surface area (Å²) in [6.07, 6.45) is 3.44. The molecule has 1 aliphatic carbocycles. The SMILES string of the molecule is Cc1cc(-c2ccccc2)c2ccc3c(c2n1)CC(C)(C)C=C3c1ccccc1. The molecule has 5 rings (SSSR count). The maximum Gasteiger partial charge on any atom is 0.0749 e. The van der Waals surface area contributed by atoms with Crippen molar-refractivity contribution in [1.29, 1.82) is 0 Å². The smallest absolute Gasteiger partial charge is 0.0749 e. The van der Waals surface area contributed by atoms with E-state index in [1.807, 2.05) is 0 Å². The zero-order valence-corrected chi connectivity index (χ0v) is 17.2. The van der Waals surface area contributed by atoms with Crippen molar-refractivity contribution in [3.8, 4) is 11.1 Å². The molecule has 3 aromatic carbocycles. The monoisotopic (exact) mass is 375 g/mol. The van der Waals surface area contributed by atoms with Gasteiger partial charge in [0.15, 0.2) is 0 Å². The van der Waals surface area contributed by atoms with Crippen molar-refractivity contribution in [1.82, 2.24) is 4.98 Å². The van der Waals surface area contributed by atoms with E-state index in [-0.39, 0.29) is 5.41 Å². The molecule has 0 saturated carbocycles. The largest absolute Gasteiger partial charge is 0.253 e. The fourth-order valence-electron chi connectivity index (χ4n) is 4.60. The zero-order valence-electron chi connectivity index (χ0n) is 17.2. The molecule has 0 radical (unpaired) electrons. The van der Waals surface area contributed by atoms with Gasteiger partial charge in [-0.1, -0.05) is 92.7 Å². The Kier molecular flexibility index (Phi) is 4.13. The predicted molar refractivity (Wildman–Crippen MR) is 123 cm³/mol. The predicted octanol–water partition coefficient (Wildman–Crippen LogP) is 7.22. The van der Waals surface area contributed by atoms with Crippen molar-refractivity contribution in [3.63, 3.8) is 0 Å². The number of nitrogens with zero attached hydrogens (tertiary/aromatic N) is 1. The Bertz CT molecular complexity index is 1230. The fourth-order valence-corrected chi connectivity index (χ4v) is 4.60. The highest BCUT2D eigenvalue weighted by Gasteiger charge is 2.28. The second kappa shape index (κ2) is 6.70. The third kappa shape index (κ3) is 3.17. The number of aryl methyl sites for hydroxylation is 1. The Hall–Kier alpha value is -3.19. The molecule has 0 N–H and O–H groups in total. The minimum absolute atomic E-state index is 0.0881. The molecule has 0 bridgehead atoms. The number of benzene rings is 3. The first-order chi connectivity index (χ1) is 14.0. The Morgan fingerprint density at radius 2 is 1.41 bits per heavy atom. The summed E-state index contributed by atoms with van der Waals surface area (Å²) < 4.78 is 0. The molecule has 1 heterocycles. The Morgan fingerprint density at radius 1 is 0.759 bits per heavy atom. The third-order valence-corrected chi connectivity index (χ3v) is 5.84. The maximum atomic E-state index is 5.04. The molecule has 0 spiro atoms. The molecule has 1 heteroatoms. The molecule has 29 heavy (non-hydrogen) atoms. The lowest BCUT2D eigenvalue weighted by atomic mass is 9.73. The van der Waals surface area contributed by atoms with E-state index in [2.05, 4.69) is 106 Å². The minimum atomic E-state index is 0.0881. The van der Waals surface area contributed by atoms with Crippen LogP contribution < -0.4 is 0 Å². The minimum Gasteiger partial charge on any atom is -0.253 e. The highest BCUT2D eigenvalue weighted by atomic mass is 14.7. The summed E-state index contributed by atoms with van der Waals surface area (Å²) in [5, 5.41) is 1.24. The highest BCUT2D eigenvalue weighted by molar-refractivity contribution is 6.00. The lowest BCUT2D eigenvalue weighted by Crippen LogP contribution is -2.19. The molecule has 0 unspecified atom stereocenters. The van der Waals surface area contributed by atoms with Crippen LogP contribution in [0.25, 0.3) is 27.6 Å². The molecule has 0 atom stereocenters. The topological polar surface area (TPSA) is 12.9 Å². The molecule has 0 fully saturated rings. The van der Waals surface area contributed by atoms with Gasteiger partial charge in [-0.2, -0.15) is 0 Å². The summed E-state index contributed by atoms with van der Waals surface area (Å²) in [4.78, 5) is 5.04. The van der Waals surface area contributed by atoms with E-state index >= 15 is 0 Å². The van der Waals surface area contributed by atoms with Gasteiger partial charge in [-0.3, -0.25) is 4.98 Å². The summed E-state index contributed by atoms with van der Waals surface area (Å²) in [6.45, 7) is 6.75. The number of hydrogen-bond acceptors (Lipinski definition) is 1. The molecule has 1 aliphatic rings. The van der Waals surface area contributed by atoms with Crippen LogP contribution in [-0.4, -0.2) is 4.98 Å². The fraction of sp³-hybridized carbons (Fsp3) is 0.179.